The van der Waals surface area contributed by atoms with Crippen LogP contribution in [0.3, 0.4) is 0 Å². The number of hydrogen-bond donors (Lipinski definition) is 1. The third-order valence-electron chi connectivity index (χ3n) is 2.70. The number of nitrogens with one attached hydrogen (secondary N) is 1. The minimum Gasteiger partial charge on any atom is -0.380 e. The van der Waals surface area contributed by atoms with Gasteiger partial charge in [-0.05, 0) is 24.1 Å². The summed E-state index contributed by atoms with van der Waals surface area (Å²) in [6.45, 7) is 1.59. The van der Waals surface area contributed by atoms with Crippen LogP contribution in [-0.4, -0.2) is 19.3 Å². The average Bonchev–Trinajstić information content (AvgIpc) is 2.80. The van der Waals surface area contributed by atoms with Crippen LogP contribution >= 0.6 is 15.9 Å². The second kappa shape index (κ2) is 5.49. The first-order valence-corrected chi connectivity index (χ1v) is 6.14. The highest BCUT2D eigenvalue weighted by Gasteiger charge is 2.19. The summed E-state index contributed by atoms with van der Waals surface area (Å²) in [5, 5.41) is 3.42. The van der Waals surface area contributed by atoms with Crippen LogP contribution in [0.25, 0.3) is 0 Å². The van der Waals surface area contributed by atoms with E-state index in [0.717, 1.165) is 29.7 Å². The molecule has 0 spiro atoms. The molecule has 2 nitrogen and oxygen atoms in total. The van der Waals surface area contributed by atoms with Gasteiger partial charge in [0.15, 0.2) is 0 Å². The van der Waals surface area contributed by atoms with Crippen molar-refractivity contribution in [2.75, 3.05) is 13.2 Å². The van der Waals surface area contributed by atoms with Crippen molar-refractivity contribution in [2.45, 2.75) is 18.5 Å². The van der Waals surface area contributed by atoms with Crippen molar-refractivity contribution in [1.82, 2.24) is 5.32 Å². The molecule has 1 N–H and O–H groups in total. The summed E-state index contributed by atoms with van der Waals surface area (Å²) in [6, 6.07) is 8.44. The molecular weight excluding hydrogens is 266 g/mol. The fourth-order valence-electron chi connectivity index (χ4n) is 1.80. The molecule has 1 aliphatic rings. The third kappa shape index (κ3) is 2.85. The number of benzene rings is 1. The van der Waals surface area contributed by atoms with Gasteiger partial charge in [-0.2, -0.15) is 0 Å². The molecule has 3 heteroatoms. The van der Waals surface area contributed by atoms with Crippen molar-refractivity contribution in [3.63, 3.8) is 0 Å². The van der Waals surface area contributed by atoms with E-state index in [0.29, 0.717) is 6.04 Å². The first-order valence-electron chi connectivity index (χ1n) is 5.35. The second-order valence-corrected chi connectivity index (χ2v) is 4.79. The molecule has 84 valence electrons. The topological polar surface area (TPSA) is 21.3 Å². The van der Waals surface area contributed by atoms with Gasteiger partial charge < -0.3 is 4.74 Å². The van der Waals surface area contributed by atoms with Gasteiger partial charge in [-0.3, -0.25) is 5.32 Å². The maximum Gasteiger partial charge on any atom is 0.0946 e. The Labute approximate surface area is 105 Å². The van der Waals surface area contributed by atoms with Gasteiger partial charge in [0, 0.05) is 17.1 Å². The molecule has 2 unspecified atom stereocenters. The normalized spacial score (nSPS) is 21.6. The van der Waals surface area contributed by atoms with Crippen LogP contribution in [0.2, 0.25) is 0 Å². The molecule has 0 amide bonds. The van der Waals surface area contributed by atoms with Crippen LogP contribution in [0, 0.1) is 12.3 Å². The van der Waals surface area contributed by atoms with E-state index in [-0.39, 0.29) is 6.04 Å². The van der Waals surface area contributed by atoms with Gasteiger partial charge in [0.1, 0.15) is 0 Å². The summed E-state index contributed by atoms with van der Waals surface area (Å²) in [6.07, 6.45) is 6.59. The SMILES string of the molecule is C#CC(NC1CCOC1)c1ccc(Br)cc1. The van der Waals surface area contributed by atoms with E-state index in [1.807, 2.05) is 24.3 Å². The molecule has 1 fully saturated rings. The Morgan fingerprint density at radius 3 is 2.75 bits per heavy atom. The summed E-state index contributed by atoms with van der Waals surface area (Å²) in [5.74, 6) is 2.78. The minimum atomic E-state index is -0.0280. The van der Waals surface area contributed by atoms with E-state index in [4.69, 9.17) is 11.2 Å². The Morgan fingerprint density at radius 1 is 1.44 bits per heavy atom. The van der Waals surface area contributed by atoms with E-state index in [1.165, 1.54) is 0 Å². The molecule has 0 aromatic heterocycles. The van der Waals surface area contributed by atoms with Crippen molar-refractivity contribution in [3.8, 4) is 12.3 Å². The van der Waals surface area contributed by atoms with Crippen LogP contribution in [-0.2, 0) is 4.74 Å². The number of halogens is 1. The number of ether oxygens (including phenoxy) is 1. The lowest BCUT2D eigenvalue weighted by Gasteiger charge is -2.17. The van der Waals surface area contributed by atoms with Crippen molar-refractivity contribution < 1.29 is 4.74 Å². The molecular formula is C13H14BrNO. The summed E-state index contributed by atoms with van der Waals surface area (Å²) < 4.78 is 6.38. The van der Waals surface area contributed by atoms with Crippen molar-refractivity contribution >= 4 is 15.9 Å². The molecule has 2 atom stereocenters. The Hall–Kier alpha value is -0.820. The fourth-order valence-corrected chi connectivity index (χ4v) is 2.06. The van der Waals surface area contributed by atoms with E-state index >= 15 is 0 Å². The van der Waals surface area contributed by atoms with Crippen LogP contribution in [0.5, 0.6) is 0 Å². The van der Waals surface area contributed by atoms with Gasteiger partial charge in [0.2, 0.25) is 0 Å². The summed E-state index contributed by atoms with van der Waals surface area (Å²) in [4.78, 5) is 0. The maximum absolute atomic E-state index is 5.56. The van der Waals surface area contributed by atoms with Gasteiger partial charge >= 0.3 is 0 Å². The van der Waals surface area contributed by atoms with E-state index in [1.54, 1.807) is 0 Å². The predicted molar refractivity (Wildman–Crippen MR) is 68.1 cm³/mol. The van der Waals surface area contributed by atoms with E-state index in [2.05, 4.69) is 27.2 Å². The van der Waals surface area contributed by atoms with Gasteiger partial charge in [0.25, 0.3) is 0 Å². The summed E-state index contributed by atoms with van der Waals surface area (Å²) in [5.41, 5.74) is 1.12. The number of terminal acetylenes is 1. The monoisotopic (exact) mass is 279 g/mol. The zero-order valence-electron chi connectivity index (χ0n) is 8.95. The molecule has 1 aromatic carbocycles. The minimum absolute atomic E-state index is 0.0280. The molecule has 0 bridgehead atoms. The Bertz CT molecular complexity index is 376. The lowest BCUT2D eigenvalue weighted by molar-refractivity contribution is 0.189. The Kier molecular flexibility index (Phi) is 4.00. The zero-order chi connectivity index (χ0) is 11.4. The molecule has 0 aliphatic carbocycles. The molecule has 1 aromatic rings. The van der Waals surface area contributed by atoms with Crippen molar-refractivity contribution in [3.05, 3.63) is 34.3 Å². The maximum atomic E-state index is 5.56. The quantitative estimate of drug-likeness (QED) is 0.859. The Morgan fingerprint density at radius 2 is 2.19 bits per heavy atom. The lowest BCUT2D eigenvalue weighted by atomic mass is 10.1. The first-order chi connectivity index (χ1) is 7.79. The summed E-state index contributed by atoms with van der Waals surface area (Å²) in [7, 11) is 0. The lowest BCUT2D eigenvalue weighted by Crippen LogP contribution is -2.32. The van der Waals surface area contributed by atoms with Gasteiger partial charge in [0.05, 0.1) is 12.6 Å². The number of hydrogen-bond acceptors (Lipinski definition) is 2. The average molecular weight is 280 g/mol. The van der Waals surface area contributed by atoms with Crippen LogP contribution in [0.15, 0.2) is 28.7 Å². The Balaban J connectivity index is 2.04. The highest BCUT2D eigenvalue weighted by Crippen LogP contribution is 2.18. The van der Waals surface area contributed by atoms with Crippen molar-refractivity contribution in [2.24, 2.45) is 0 Å². The van der Waals surface area contributed by atoms with Crippen LogP contribution in [0.4, 0.5) is 0 Å². The van der Waals surface area contributed by atoms with E-state index in [9.17, 15) is 0 Å². The molecule has 1 saturated heterocycles. The predicted octanol–water partition coefficient (Wildman–Crippen LogP) is 2.50. The first kappa shape index (κ1) is 11.7. The van der Waals surface area contributed by atoms with Gasteiger partial charge in [-0.15, -0.1) is 6.42 Å². The highest BCUT2D eigenvalue weighted by molar-refractivity contribution is 9.10. The fraction of sp³-hybridized carbons (Fsp3) is 0.385. The third-order valence-corrected chi connectivity index (χ3v) is 3.23. The highest BCUT2D eigenvalue weighted by atomic mass is 79.9. The number of rotatable bonds is 3. The molecule has 2 rings (SSSR count). The largest absolute Gasteiger partial charge is 0.380 e. The van der Waals surface area contributed by atoms with Crippen LogP contribution < -0.4 is 5.32 Å². The molecule has 1 heterocycles. The van der Waals surface area contributed by atoms with Gasteiger partial charge in [-0.25, -0.2) is 0 Å². The van der Waals surface area contributed by atoms with Gasteiger partial charge in [-0.1, -0.05) is 34.0 Å². The smallest absolute Gasteiger partial charge is 0.0946 e. The standard InChI is InChI=1S/C13H14BrNO/c1-2-13(15-12-7-8-16-9-12)10-3-5-11(14)6-4-10/h1,3-6,12-13,15H,7-9H2. The van der Waals surface area contributed by atoms with Crippen LogP contribution in [0.1, 0.15) is 18.0 Å². The van der Waals surface area contributed by atoms with E-state index < -0.39 is 0 Å². The van der Waals surface area contributed by atoms with Crippen molar-refractivity contribution in [1.29, 1.82) is 0 Å². The second-order valence-electron chi connectivity index (χ2n) is 3.88. The molecule has 0 saturated carbocycles. The zero-order valence-corrected chi connectivity index (χ0v) is 10.5. The molecule has 0 radical (unpaired) electrons. The molecule has 1 aliphatic heterocycles. The summed E-state index contributed by atoms with van der Waals surface area (Å²) >= 11 is 3.41. The molecule has 16 heavy (non-hydrogen) atoms.